The molecule has 0 spiro atoms. The summed E-state index contributed by atoms with van der Waals surface area (Å²) in [5.41, 5.74) is 0.639. The lowest BCUT2D eigenvalue weighted by atomic mass is 9.77. The first kappa shape index (κ1) is 14.9. The average molecular weight is 260 g/mol. The predicted octanol–water partition coefficient (Wildman–Crippen LogP) is 5.85. The first-order chi connectivity index (χ1) is 8.66. The van der Waals surface area contributed by atoms with Crippen LogP contribution in [0.1, 0.15) is 60.8 Å². The van der Waals surface area contributed by atoms with Crippen molar-refractivity contribution in [3.05, 3.63) is 24.3 Å². The van der Waals surface area contributed by atoms with Gasteiger partial charge in [0.1, 0.15) is 0 Å². The van der Waals surface area contributed by atoms with E-state index in [-0.39, 0.29) is 0 Å². The van der Waals surface area contributed by atoms with Crippen molar-refractivity contribution in [2.75, 3.05) is 0 Å². The van der Waals surface area contributed by atoms with Gasteiger partial charge in [0, 0.05) is 0 Å². The molecule has 2 aliphatic carbocycles. The highest BCUT2D eigenvalue weighted by Crippen LogP contribution is 2.53. The van der Waals surface area contributed by atoms with E-state index in [1.807, 2.05) is 0 Å². The van der Waals surface area contributed by atoms with Gasteiger partial charge in [-0.3, -0.25) is 0 Å². The van der Waals surface area contributed by atoms with E-state index in [2.05, 4.69) is 65.8 Å². The maximum atomic E-state index is 2.54. The van der Waals surface area contributed by atoms with E-state index in [1.165, 1.54) is 19.3 Å². The minimum absolute atomic E-state index is 0.320. The van der Waals surface area contributed by atoms with E-state index >= 15 is 0 Å². The van der Waals surface area contributed by atoms with Crippen molar-refractivity contribution in [1.29, 1.82) is 0 Å². The van der Waals surface area contributed by atoms with Crippen molar-refractivity contribution in [3.63, 3.8) is 0 Å². The van der Waals surface area contributed by atoms with Crippen molar-refractivity contribution < 1.29 is 0 Å². The van der Waals surface area contributed by atoms with Crippen molar-refractivity contribution in [2.45, 2.75) is 60.8 Å². The van der Waals surface area contributed by atoms with Gasteiger partial charge in [-0.1, -0.05) is 65.8 Å². The van der Waals surface area contributed by atoms with Crippen LogP contribution in [0.25, 0.3) is 0 Å². The van der Waals surface area contributed by atoms with Gasteiger partial charge in [0.15, 0.2) is 0 Å². The molecule has 4 atom stereocenters. The lowest BCUT2D eigenvalue weighted by Gasteiger charge is -2.28. The quantitative estimate of drug-likeness (QED) is 0.546. The van der Waals surface area contributed by atoms with Gasteiger partial charge in [0.25, 0.3) is 0 Å². The molecule has 0 amide bonds. The maximum absolute atomic E-state index is 2.54. The van der Waals surface area contributed by atoms with Crippen LogP contribution in [0.15, 0.2) is 24.3 Å². The van der Waals surface area contributed by atoms with Gasteiger partial charge in [-0.2, -0.15) is 0 Å². The summed E-state index contributed by atoms with van der Waals surface area (Å²) in [6, 6.07) is 0. The Labute approximate surface area is 120 Å². The monoisotopic (exact) mass is 260 g/mol. The molecule has 19 heavy (non-hydrogen) atoms. The molecule has 2 saturated carbocycles. The molecule has 0 aromatic carbocycles. The second kappa shape index (κ2) is 5.11. The topological polar surface area (TPSA) is 0 Å². The molecule has 0 unspecified atom stereocenters. The van der Waals surface area contributed by atoms with Gasteiger partial charge in [-0.15, -0.1) is 0 Å². The molecule has 108 valence electrons. The molecule has 0 radical (unpaired) electrons. The lowest BCUT2D eigenvalue weighted by Crippen LogP contribution is -2.20. The van der Waals surface area contributed by atoms with Crippen LogP contribution < -0.4 is 0 Å². The molecule has 0 aliphatic heterocycles. The van der Waals surface area contributed by atoms with Crippen molar-refractivity contribution >= 4 is 0 Å². The Morgan fingerprint density at radius 3 is 1.37 bits per heavy atom. The maximum Gasteiger partial charge on any atom is -0.0139 e. The number of fused-ring (bicyclic) bond motifs is 2. The van der Waals surface area contributed by atoms with Crippen LogP contribution in [0, 0.1) is 34.5 Å². The summed E-state index contributed by atoms with van der Waals surface area (Å²) >= 11 is 0. The molecule has 0 aromatic heterocycles. The van der Waals surface area contributed by atoms with E-state index in [4.69, 9.17) is 0 Å². The summed E-state index contributed by atoms with van der Waals surface area (Å²) < 4.78 is 0. The number of rotatable bonds is 2. The van der Waals surface area contributed by atoms with Gasteiger partial charge >= 0.3 is 0 Å². The second-order valence-electron chi connectivity index (χ2n) is 8.94. The molecule has 0 heterocycles. The van der Waals surface area contributed by atoms with E-state index in [1.54, 1.807) is 0 Å². The minimum atomic E-state index is 0.320. The molecule has 0 aromatic rings. The number of allylic oxidation sites excluding steroid dienone is 4. The van der Waals surface area contributed by atoms with Crippen molar-refractivity contribution in [2.24, 2.45) is 34.5 Å². The average Bonchev–Trinajstić information content (AvgIpc) is 2.81. The van der Waals surface area contributed by atoms with Gasteiger partial charge in [-0.05, 0) is 53.8 Å². The fraction of sp³-hybridized carbons (Fsp3) is 0.789. The zero-order valence-corrected chi connectivity index (χ0v) is 13.7. The van der Waals surface area contributed by atoms with E-state index < -0.39 is 0 Å². The van der Waals surface area contributed by atoms with Crippen LogP contribution in [0.4, 0.5) is 0 Å². The Morgan fingerprint density at radius 2 is 1.05 bits per heavy atom. The summed E-state index contributed by atoms with van der Waals surface area (Å²) in [6.07, 6.45) is 14.4. The van der Waals surface area contributed by atoms with Crippen molar-refractivity contribution in [1.82, 2.24) is 0 Å². The molecular weight excluding hydrogens is 228 g/mol. The fourth-order valence-corrected chi connectivity index (χ4v) is 3.75. The van der Waals surface area contributed by atoms with E-state index in [0.29, 0.717) is 10.8 Å². The van der Waals surface area contributed by atoms with Crippen LogP contribution >= 0.6 is 0 Å². The third-order valence-electron chi connectivity index (χ3n) is 4.68. The Bertz CT molecular complexity index is 322. The van der Waals surface area contributed by atoms with Crippen LogP contribution in [-0.4, -0.2) is 0 Å². The van der Waals surface area contributed by atoms with Crippen LogP contribution in [0.5, 0.6) is 0 Å². The molecular formula is C19H32. The summed E-state index contributed by atoms with van der Waals surface area (Å²) in [4.78, 5) is 0. The first-order valence-corrected chi connectivity index (χ1v) is 8.04. The second-order valence-corrected chi connectivity index (χ2v) is 8.94. The summed E-state index contributed by atoms with van der Waals surface area (Å²) in [5, 5.41) is 0. The molecule has 2 aliphatic rings. The number of hydrogen-bond acceptors (Lipinski definition) is 0. The highest BCUT2D eigenvalue weighted by molar-refractivity contribution is 5.13. The van der Waals surface area contributed by atoms with E-state index in [0.717, 1.165) is 23.7 Å². The molecule has 0 heteroatoms. The SMILES string of the molecule is CC(C)(C)/C=C/[C@@H]1[C@H]2CC[C@H](C2)[C@@H]1/C=C/C(C)(C)C. The summed E-state index contributed by atoms with van der Waals surface area (Å²) in [5.74, 6) is 3.52. The fourth-order valence-electron chi connectivity index (χ4n) is 3.75. The molecule has 2 bridgehead atoms. The van der Waals surface area contributed by atoms with Gasteiger partial charge in [-0.25, -0.2) is 0 Å². The Balaban J connectivity index is 2.12. The molecule has 2 rings (SSSR count). The summed E-state index contributed by atoms with van der Waals surface area (Å²) in [7, 11) is 0. The lowest BCUT2D eigenvalue weighted by molar-refractivity contribution is 0.313. The third-order valence-corrected chi connectivity index (χ3v) is 4.68. The van der Waals surface area contributed by atoms with Gasteiger partial charge in [0.2, 0.25) is 0 Å². The number of hydrogen-bond donors (Lipinski definition) is 0. The van der Waals surface area contributed by atoms with Crippen LogP contribution in [0.3, 0.4) is 0 Å². The summed E-state index contributed by atoms with van der Waals surface area (Å²) in [6.45, 7) is 13.8. The normalized spacial score (nSPS) is 35.9. The minimum Gasteiger partial charge on any atom is -0.0840 e. The smallest absolute Gasteiger partial charge is 0.0139 e. The Morgan fingerprint density at radius 1 is 0.684 bits per heavy atom. The molecule has 2 fully saturated rings. The molecule has 0 N–H and O–H groups in total. The molecule has 0 nitrogen and oxygen atoms in total. The van der Waals surface area contributed by atoms with Gasteiger partial charge in [0.05, 0.1) is 0 Å². The molecule has 0 saturated heterocycles. The highest BCUT2D eigenvalue weighted by Gasteiger charge is 2.45. The van der Waals surface area contributed by atoms with Crippen molar-refractivity contribution in [3.8, 4) is 0 Å². The highest BCUT2D eigenvalue weighted by atomic mass is 14.5. The van der Waals surface area contributed by atoms with Crippen LogP contribution in [0.2, 0.25) is 0 Å². The largest absolute Gasteiger partial charge is 0.0840 e. The standard InChI is InChI=1S/C19H32/c1-18(2,3)11-9-16-14-7-8-15(13-14)17(16)10-12-19(4,5)6/h9-12,14-17H,7-8,13H2,1-6H3/b11-9+,12-10+/t14-,15+,16+,17-. The Kier molecular flexibility index (Phi) is 4.00. The van der Waals surface area contributed by atoms with E-state index in [9.17, 15) is 0 Å². The predicted molar refractivity (Wildman–Crippen MR) is 85.0 cm³/mol. The Hall–Kier alpha value is -0.520. The third kappa shape index (κ3) is 3.97. The van der Waals surface area contributed by atoms with Crippen LogP contribution in [-0.2, 0) is 0 Å². The zero-order valence-electron chi connectivity index (χ0n) is 13.7. The zero-order chi connectivity index (χ0) is 14.3. The van der Waals surface area contributed by atoms with Gasteiger partial charge < -0.3 is 0 Å². The first-order valence-electron chi connectivity index (χ1n) is 8.04.